The molecular formula is C15H18ClN5O2. The summed E-state index contributed by atoms with van der Waals surface area (Å²) in [7, 11) is 0. The van der Waals surface area contributed by atoms with Gasteiger partial charge in [0.2, 0.25) is 0 Å². The molecule has 0 saturated heterocycles. The summed E-state index contributed by atoms with van der Waals surface area (Å²) in [6, 6.07) is 1.92. The number of halogens is 1. The molecule has 0 atom stereocenters. The molecule has 0 unspecified atom stereocenters. The van der Waals surface area contributed by atoms with E-state index in [1.807, 2.05) is 13.0 Å². The first-order valence-corrected chi connectivity index (χ1v) is 7.57. The summed E-state index contributed by atoms with van der Waals surface area (Å²) in [6.07, 6.45) is 6.44. The van der Waals surface area contributed by atoms with Crippen LogP contribution in [0.25, 0.3) is 22.6 Å². The highest BCUT2D eigenvalue weighted by Crippen LogP contribution is 2.35. The highest BCUT2D eigenvalue weighted by molar-refractivity contribution is 5.85. The lowest BCUT2D eigenvalue weighted by atomic mass is 9.99. The Morgan fingerprint density at radius 3 is 2.74 bits per heavy atom. The Hall–Kier alpha value is -1.99. The Morgan fingerprint density at radius 1 is 1.22 bits per heavy atom. The number of hydrogen-bond donors (Lipinski definition) is 1. The molecule has 0 radical (unpaired) electrons. The van der Waals surface area contributed by atoms with Crippen molar-refractivity contribution in [3.05, 3.63) is 23.8 Å². The molecule has 1 aliphatic rings. The van der Waals surface area contributed by atoms with Gasteiger partial charge in [-0.2, -0.15) is 4.98 Å². The zero-order valence-corrected chi connectivity index (χ0v) is 13.6. The van der Waals surface area contributed by atoms with Crippen molar-refractivity contribution in [2.75, 3.05) is 0 Å². The average molecular weight is 336 g/mol. The van der Waals surface area contributed by atoms with E-state index in [9.17, 15) is 0 Å². The smallest absolute Gasteiger partial charge is 0.259 e. The molecule has 23 heavy (non-hydrogen) atoms. The molecule has 8 heteroatoms. The standard InChI is InChI=1S/C15H17N5O2.ClH/c1-2-11-10-7-9(8-17-13(10)22-19-11)12-18-14(20-21-12)15(16)5-3-4-6-15;/h7-8H,2-6,16H2,1H3;1H. The number of hydrogen-bond acceptors (Lipinski definition) is 7. The van der Waals surface area contributed by atoms with E-state index in [0.29, 0.717) is 17.4 Å². The van der Waals surface area contributed by atoms with Gasteiger partial charge in [0.05, 0.1) is 22.2 Å². The van der Waals surface area contributed by atoms with Gasteiger partial charge in [0.1, 0.15) is 0 Å². The fourth-order valence-electron chi connectivity index (χ4n) is 3.02. The molecule has 3 heterocycles. The maximum absolute atomic E-state index is 6.37. The number of aromatic nitrogens is 4. The molecule has 0 bridgehead atoms. The average Bonchev–Trinajstić information content (AvgIpc) is 3.25. The minimum absolute atomic E-state index is 0. The van der Waals surface area contributed by atoms with Crippen LogP contribution in [0.3, 0.4) is 0 Å². The summed E-state index contributed by atoms with van der Waals surface area (Å²) in [4.78, 5) is 8.75. The summed E-state index contributed by atoms with van der Waals surface area (Å²) < 4.78 is 10.6. The van der Waals surface area contributed by atoms with Crippen LogP contribution >= 0.6 is 12.4 Å². The molecule has 3 aromatic rings. The Balaban J connectivity index is 0.00000156. The quantitative estimate of drug-likeness (QED) is 0.784. The molecule has 1 fully saturated rings. The zero-order valence-electron chi connectivity index (χ0n) is 12.8. The van der Waals surface area contributed by atoms with E-state index < -0.39 is 5.54 Å². The first-order chi connectivity index (χ1) is 10.7. The Kier molecular flexibility index (Phi) is 4.08. The first kappa shape index (κ1) is 15.9. The second kappa shape index (κ2) is 5.90. The van der Waals surface area contributed by atoms with Crippen LogP contribution in [-0.2, 0) is 12.0 Å². The summed E-state index contributed by atoms with van der Waals surface area (Å²) in [6.45, 7) is 2.02. The summed E-state index contributed by atoms with van der Waals surface area (Å²) in [5, 5.41) is 8.96. The van der Waals surface area contributed by atoms with Crippen LogP contribution in [-0.4, -0.2) is 20.3 Å². The third-order valence-electron chi connectivity index (χ3n) is 4.35. The Labute approximate surface area is 139 Å². The monoisotopic (exact) mass is 335 g/mol. The van der Waals surface area contributed by atoms with Crippen LogP contribution < -0.4 is 5.73 Å². The highest BCUT2D eigenvalue weighted by Gasteiger charge is 2.36. The van der Waals surface area contributed by atoms with Crippen LogP contribution in [0.4, 0.5) is 0 Å². The first-order valence-electron chi connectivity index (χ1n) is 7.57. The third-order valence-corrected chi connectivity index (χ3v) is 4.35. The zero-order chi connectivity index (χ0) is 15.2. The third kappa shape index (κ3) is 2.60. The number of nitrogens with zero attached hydrogens (tertiary/aromatic N) is 4. The maximum atomic E-state index is 6.37. The fourth-order valence-corrected chi connectivity index (χ4v) is 3.02. The maximum Gasteiger partial charge on any atom is 0.259 e. The van der Waals surface area contributed by atoms with E-state index in [4.69, 9.17) is 14.8 Å². The van der Waals surface area contributed by atoms with Crippen LogP contribution in [0.1, 0.15) is 44.1 Å². The van der Waals surface area contributed by atoms with Crippen molar-refractivity contribution >= 4 is 23.5 Å². The largest absolute Gasteiger partial charge is 0.336 e. The lowest BCUT2D eigenvalue weighted by Crippen LogP contribution is -2.34. The predicted octanol–water partition coefficient (Wildman–Crippen LogP) is 2.99. The van der Waals surface area contributed by atoms with E-state index >= 15 is 0 Å². The van der Waals surface area contributed by atoms with Crippen LogP contribution in [0.2, 0.25) is 0 Å². The van der Waals surface area contributed by atoms with Gasteiger partial charge in [-0.1, -0.05) is 30.1 Å². The van der Waals surface area contributed by atoms with Gasteiger partial charge in [0, 0.05) is 6.20 Å². The van der Waals surface area contributed by atoms with E-state index in [-0.39, 0.29) is 12.4 Å². The van der Waals surface area contributed by atoms with Crippen molar-refractivity contribution in [2.45, 2.75) is 44.6 Å². The van der Waals surface area contributed by atoms with E-state index in [1.54, 1.807) is 6.20 Å². The van der Waals surface area contributed by atoms with Crippen molar-refractivity contribution in [3.8, 4) is 11.5 Å². The second-order valence-electron chi connectivity index (χ2n) is 5.85. The normalized spacial score (nSPS) is 16.6. The summed E-state index contributed by atoms with van der Waals surface area (Å²) in [5.41, 5.74) is 8.06. The van der Waals surface area contributed by atoms with Gasteiger partial charge in [-0.15, -0.1) is 12.4 Å². The molecule has 1 aliphatic carbocycles. The molecule has 3 aromatic heterocycles. The molecule has 122 valence electrons. The molecule has 4 rings (SSSR count). The number of aryl methyl sites for hydroxylation is 1. The van der Waals surface area contributed by atoms with Gasteiger partial charge < -0.3 is 14.8 Å². The van der Waals surface area contributed by atoms with Crippen molar-refractivity contribution in [3.63, 3.8) is 0 Å². The minimum Gasteiger partial charge on any atom is -0.336 e. The molecule has 7 nitrogen and oxygen atoms in total. The highest BCUT2D eigenvalue weighted by atomic mass is 35.5. The Morgan fingerprint density at radius 2 is 2.00 bits per heavy atom. The van der Waals surface area contributed by atoms with E-state index in [0.717, 1.165) is 48.7 Å². The Bertz CT molecular complexity index is 822. The molecular weight excluding hydrogens is 318 g/mol. The van der Waals surface area contributed by atoms with Crippen molar-refractivity contribution in [1.82, 2.24) is 20.3 Å². The number of fused-ring (bicyclic) bond motifs is 1. The van der Waals surface area contributed by atoms with Gasteiger partial charge >= 0.3 is 0 Å². The summed E-state index contributed by atoms with van der Waals surface area (Å²) in [5.74, 6) is 1.02. The van der Waals surface area contributed by atoms with Crippen LogP contribution in [0.15, 0.2) is 21.3 Å². The van der Waals surface area contributed by atoms with Crippen LogP contribution in [0, 0.1) is 0 Å². The van der Waals surface area contributed by atoms with Crippen LogP contribution in [0.5, 0.6) is 0 Å². The van der Waals surface area contributed by atoms with Crippen molar-refractivity contribution < 1.29 is 9.05 Å². The minimum atomic E-state index is -0.453. The predicted molar refractivity (Wildman–Crippen MR) is 86.1 cm³/mol. The van der Waals surface area contributed by atoms with Gasteiger partial charge in [0.15, 0.2) is 5.82 Å². The molecule has 0 amide bonds. The number of pyridine rings is 1. The lowest BCUT2D eigenvalue weighted by Gasteiger charge is -2.17. The number of nitrogens with two attached hydrogens (primary N) is 1. The van der Waals surface area contributed by atoms with Gasteiger partial charge in [-0.3, -0.25) is 0 Å². The van der Waals surface area contributed by atoms with E-state index in [2.05, 4.69) is 20.3 Å². The molecule has 0 spiro atoms. The van der Waals surface area contributed by atoms with Gasteiger partial charge in [-0.25, -0.2) is 4.98 Å². The molecule has 1 saturated carbocycles. The molecule has 0 aliphatic heterocycles. The number of rotatable bonds is 3. The SMILES string of the molecule is CCc1noc2ncc(-c3nc(C4(N)CCCC4)no3)cc12.Cl. The van der Waals surface area contributed by atoms with Crippen molar-refractivity contribution in [2.24, 2.45) is 5.73 Å². The summed E-state index contributed by atoms with van der Waals surface area (Å²) >= 11 is 0. The fraction of sp³-hybridized carbons (Fsp3) is 0.467. The molecule has 0 aromatic carbocycles. The molecule has 2 N–H and O–H groups in total. The second-order valence-corrected chi connectivity index (χ2v) is 5.85. The van der Waals surface area contributed by atoms with Gasteiger partial charge in [0.25, 0.3) is 11.6 Å². The van der Waals surface area contributed by atoms with Crippen molar-refractivity contribution in [1.29, 1.82) is 0 Å². The topological polar surface area (TPSA) is 104 Å². The van der Waals surface area contributed by atoms with Gasteiger partial charge in [-0.05, 0) is 25.3 Å². The lowest BCUT2D eigenvalue weighted by molar-refractivity contribution is 0.372. The van der Waals surface area contributed by atoms with E-state index in [1.165, 1.54) is 0 Å².